The van der Waals surface area contributed by atoms with Crippen LogP contribution in [0.5, 0.6) is 5.75 Å². The topological polar surface area (TPSA) is 51.5 Å². The SMILES string of the molecule is CCCCCCCCCCCCCCCCCCNC(=O)c1ccc(COc2c(C)cccc2Cl)o1. The Morgan fingerprint density at radius 2 is 1.36 bits per heavy atom. The summed E-state index contributed by atoms with van der Waals surface area (Å²) in [5.41, 5.74) is 0.964. The van der Waals surface area contributed by atoms with Gasteiger partial charge in [0.2, 0.25) is 0 Å². The minimum Gasteiger partial charge on any atom is -0.484 e. The van der Waals surface area contributed by atoms with Crippen LogP contribution in [0.4, 0.5) is 0 Å². The van der Waals surface area contributed by atoms with E-state index < -0.39 is 0 Å². The molecule has 202 valence electrons. The summed E-state index contributed by atoms with van der Waals surface area (Å²) in [6.45, 7) is 5.14. The Hall–Kier alpha value is -1.94. The van der Waals surface area contributed by atoms with E-state index in [1.807, 2.05) is 19.1 Å². The third-order valence-corrected chi connectivity index (χ3v) is 7.02. The number of carbonyl (C=O) groups is 1. The number of aryl methyl sites for hydroxylation is 1. The molecular weight excluding hydrogens is 470 g/mol. The van der Waals surface area contributed by atoms with E-state index in [9.17, 15) is 4.79 Å². The summed E-state index contributed by atoms with van der Waals surface area (Å²) in [5.74, 6) is 1.39. The monoisotopic (exact) mass is 517 g/mol. The molecule has 0 saturated heterocycles. The molecule has 1 aromatic heterocycles. The van der Waals surface area contributed by atoms with Gasteiger partial charge in [0.1, 0.15) is 18.1 Å². The highest BCUT2D eigenvalue weighted by atomic mass is 35.5. The van der Waals surface area contributed by atoms with E-state index in [1.54, 1.807) is 18.2 Å². The molecule has 0 atom stereocenters. The number of benzene rings is 1. The molecule has 0 spiro atoms. The van der Waals surface area contributed by atoms with Crippen LogP contribution in [0.25, 0.3) is 0 Å². The van der Waals surface area contributed by atoms with Crippen molar-refractivity contribution in [3.8, 4) is 5.75 Å². The number of hydrogen-bond donors (Lipinski definition) is 1. The first-order chi connectivity index (χ1) is 17.6. The second-order valence-corrected chi connectivity index (χ2v) is 10.4. The Morgan fingerprint density at radius 3 is 1.92 bits per heavy atom. The average molecular weight is 518 g/mol. The van der Waals surface area contributed by atoms with Crippen LogP contribution in [0.15, 0.2) is 34.7 Å². The number of unbranched alkanes of at least 4 members (excludes halogenated alkanes) is 15. The third-order valence-electron chi connectivity index (χ3n) is 6.72. The lowest BCUT2D eigenvalue weighted by Crippen LogP contribution is -2.23. The standard InChI is InChI=1S/C31H48ClNO3/c1-3-4-5-6-7-8-9-10-11-12-13-14-15-16-17-18-24-33-31(34)29-23-22-27(36-29)25-35-30-26(2)20-19-21-28(30)32/h19-23H,3-18,24-25H2,1-2H3,(H,33,34). The van der Waals surface area contributed by atoms with Crippen LogP contribution in [0.3, 0.4) is 0 Å². The highest BCUT2D eigenvalue weighted by Crippen LogP contribution is 2.28. The van der Waals surface area contributed by atoms with Gasteiger partial charge in [-0.2, -0.15) is 0 Å². The largest absolute Gasteiger partial charge is 0.484 e. The Kier molecular flexibility index (Phi) is 16.2. The third kappa shape index (κ3) is 12.9. The smallest absolute Gasteiger partial charge is 0.286 e. The molecule has 0 saturated carbocycles. The Bertz CT molecular complexity index is 828. The molecule has 0 aliphatic heterocycles. The van der Waals surface area contributed by atoms with E-state index >= 15 is 0 Å². The van der Waals surface area contributed by atoms with E-state index in [0.717, 1.165) is 18.4 Å². The van der Waals surface area contributed by atoms with Gasteiger partial charge in [0.15, 0.2) is 5.76 Å². The molecule has 0 aliphatic carbocycles. The average Bonchev–Trinajstić information content (AvgIpc) is 3.35. The predicted molar refractivity (Wildman–Crippen MR) is 151 cm³/mol. The lowest BCUT2D eigenvalue weighted by molar-refractivity contribution is 0.0921. The molecule has 0 bridgehead atoms. The van der Waals surface area contributed by atoms with Gasteiger partial charge in [0.25, 0.3) is 5.91 Å². The van der Waals surface area contributed by atoms with E-state index in [1.165, 1.54) is 89.9 Å². The summed E-state index contributed by atoms with van der Waals surface area (Å²) < 4.78 is 11.4. The van der Waals surface area contributed by atoms with Crippen molar-refractivity contribution in [2.75, 3.05) is 6.54 Å². The van der Waals surface area contributed by atoms with Gasteiger partial charge in [-0.05, 0) is 37.1 Å². The maximum absolute atomic E-state index is 12.3. The van der Waals surface area contributed by atoms with E-state index in [4.69, 9.17) is 20.8 Å². The number of nitrogens with one attached hydrogen (secondary N) is 1. The van der Waals surface area contributed by atoms with Gasteiger partial charge in [-0.1, -0.05) is 127 Å². The number of halogens is 1. The summed E-state index contributed by atoms with van der Waals surface area (Å²) in [6, 6.07) is 9.10. The Labute approximate surface area is 224 Å². The van der Waals surface area contributed by atoms with Crippen LogP contribution in [0, 0.1) is 6.92 Å². The number of ether oxygens (including phenoxy) is 1. The minimum atomic E-state index is -0.170. The highest BCUT2D eigenvalue weighted by molar-refractivity contribution is 6.32. The van der Waals surface area contributed by atoms with Crippen molar-refractivity contribution in [1.29, 1.82) is 0 Å². The maximum atomic E-state index is 12.3. The second kappa shape index (κ2) is 19.2. The maximum Gasteiger partial charge on any atom is 0.286 e. The Morgan fingerprint density at radius 1 is 0.806 bits per heavy atom. The number of furan rings is 1. The van der Waals surface area contributed by atoms with Gasteiger partial charge in [-0.25, -0.2) is 0 Å². The molecule has 36 heavy (non-hydrogen) atoms. The van der Waals surface area contributed by atoms with Crippen molar-refractivity contribution in [2.45, 2.75) is 123 Å². The summed E-state index contributed by atoms with van der Waals surface area (Å²) >= 11 is 6.19. The normalized spacial score (nSPS) is 11.1. The van der Waals surface area contributed by atoms with Crippen LogP contribution in [-0.2, 0) is 6.61 Å². The lowest BCUT2D eigenvalue weighted by Gasteiger charge is -2.09. The highest BCUT2D eigenvalue weighted by Gasteiger charge is 2.12. The van der Waals surface area contributed by atoms with Gasteiger partial charge in [-0.3, -0.25) is 4.79 Å². The van der Waals surface area contributed by atoms with Crippen molar-refractivity contribution >= 4 is 17.5 Å². The first kappa shape index (κ1) is 30.3. The molecule has 1 N–H and O–H groups in total. The molecular formula is C31H48ClNO3. The summed E-state index contributed by atoms with van der Waals surface area (Å²) in [6.07, 6.45) is 21.5. The number of rotatable bonds is 21. The fourth-order valence-corrected chi connectivity index (χ4v) is 4.76. The van der Waals surface area contributed by atoms with E-state index in [2.05, 4.69) is 12.2 Å². The number of para-hydroxylation sites is 1. The summed E-state index contributed by atoms with van der Waals surface area (Å²) in [4.78, 5) is 12.3. The van der Waals surface area contributed by atoms with Gasteiger partial charge < -0.3 is 14.5 Å². The quantitative estimate of drug-likeness (QED) is 0.167. The van der Waals surface area contributed by atoms with Crippen LogP contribution in [-0.4, -0.2) is 12.5 Å². The number of amides is 1. The second-order valence-electron chi connectivity index (χ2n) is 10.00. The van der Waals surface area contributed by atoms with Crippen molar-refractivity contribution in [1.82, 2.24) is 5.32 Å². The predicted octanol–water partition coefficient (Wildman–Crippen LogP) is 9.81. The van der Waals surface area contributed by atoms with Crippen molar-refractivity contribution in [3.05, 3.63) is 52.4 Å². The van der Waals surface area contributed by atoms with Gasteiger partial charge >= 0.3 is 0 Å². The fraction of sp³-hybridized carbons (Fsp3) is 0.645. The molecule has 1 heterocycles. The zero-order chi connectivity index (χ0) is 25.8. The first-order valence-corrected chi connectivity index (χ1v) is 14.7. The molecule has 0 radical (unpaired) electrons. The molecule has 2 aromatic rings. The van der Waals surface area contributed by atoms with Gasteiger partial charge in [0, 0.05) is 6.54 Å². The molecule has 1 amide bonds. The minimum absolute atomic E-state index is 0.170. The lowest BCUT2D eigenvalue weighted by atomic mass is 10.0. The molecule has 1 aromatic carbocycles. The summed E-state index contributed by atoms with van der Waals surface area (Å²) in [7, 11) is 0. The summed E-state index contributed by atoms with van der Waals surface area (Å²) in [5, 5.41) is 3.53. The van der Waals surface area contributed by atoms with E-state index in [0.29, 0.717) is 28.8 Å². The van der Waals surface area contributed by atoms with Crippen LogP contribution in [0.1, 0.15) is 132 Å². The molecule has 0 fully saturated rings. The Balaban J connectivity index is 1.42. The van der Waals surface area contributed by atoms with Crippen LogP contribution >= 0.6 is 11.6 Å². The molecule has 4 nitrogen and oxygen atoms in total. The van der Waals surface area contributed by atoms with Crippen LogP contribution in [0.2, 0.25) is 5.02 Å². The van der Waals surface area contributed by atoms with Crippen molar-refractivity contribution in [2.24, 2.45) is 0 Å². The number of carbonyl (C=O) groups excluding carboxylic acids is 1. The van der Waals surface area contributed by atoms with Crippen molar-refractivity contribution < 1.29 is 13.9 Å². The molecule has 0 aliphatic rings. The van der Waals surface area contributed by atoms with Crippen molar-refractivity contribution in [3.63, 3.8) is 0 Å². The van der Waals surface area contributed by atoms with E-state index in [-0.39, 0.29) is 12.5 Å². The fourth-order valence-electron chi connectivity index (χ4n) is 4.48. The number of hydrogen-bond acceptors (Lipinski definition) is 3. The molecule has 2 rings (SSSR count). The zero-order valence-corrected chi connectivity index (χ0v) is 23.5. The van der Waals surface area contributed by atoms with Crippen LogP contribution < -0.4 is 10.1 Å². The molecule has 0 unspecified atom stereocenters. The van der Waals surface area contributed by atoms with Gasteiger partial charge in [-0.15, -0.1) is 0 Å². The molecule has 5 heteroatoms. The first-order valence-electron chi connectivity index (χ1n) is 14.4. The van der Waals surface area contributed by atoms with Gasteiger partial charge in [0.05, 0.1) is 5.02 Å². The zero-order valence-electron chi connectivity index (χ0n) is 22.7.